The third-order valence-corrected chi connectivity index (χ3v) is 5.58. The molecule has 0 aromatic heterocycles. The molecule has 1 fully saturated rings. The van der Waals surface area contributed by atoms with E-state index >= 15 is 0 Å². The molecule has 4 nitrogen and oxygen atoms in total. The van der Waals surface area contributed by atoms with Crippen molar-refractivity contribution in [3.05, 3.63) is 64.7 Å². The van der Waals surface area contributed by atoms with Crippen LogP contribution >= 0.6 is 11.6 Å². The quantitative estimate of drug-likeness (QED) is 0.726. The molecular weight excluding hydrogens is 360 g/mol. The molecule has 1 heterocycles. The number of piperazine rings is 1. The Bertz CT molecular complexity index is 711. The average molecular weight is 389 g/mol. The van der Waals surface area contributed by atoms with E-state index in [-0.39, 0.29) is 6.61 Å². The highest BCUT2D eigenvalue weighted by atomic mass is 35.5. The van der Waals surface area contributed by atoms with Crippen molar-refractivity contribution in [1.29, 1.82) is 0 Å². The molecule has 1 saturated heterocycles. The Kier molecular flexibility index (Phi) is 7.53. The van der Waals surface area contributed by atoms with Gasteiger partial charge in [0.15, 0.2) is 0 Å². The van der Waals surface area contributed by atoms with Gasteiger partial charge in [-0.25, -0.2) is 0 Å². The number of halogens is 1. The summed E-state index contributed by atoms with van der Waals surface area (Å²) in [7, 11) is 0. The Hall–Kier alpha value is -1.59. The highest BCUT2D eigenvalue weighted by molar-refractivity contribution is 6.30. The van der Waals surface area contributed by atoms with Crippen LogP contribution < -0.4 is 0 Å². The predicted molar refractivity (Wildman–Crippen MR) is 110 cm³/mol. The molecule has 0 saturated carbocycles. The first-order chi connectivity index (χ1) is 13.2. The van der Waals surface area contributed by atoms with Crippen molar-refractivity contribution in [3.8, 4) is 5.75 Å². The molecule has 0 spiro atoms. The summed E-state index contributed by atoms with van der Waals surface area (Å²) in [4.78, 5) is 4.85. The number of nitrogens with zero attached hydrogens (tertiary/aromatic N) is 2. The Labute approximate surface area is 167 Å². The van der Waals surface area contributed by atoms with Gasteiger partial charge in [0.1, 0.15) is 5.75 Å². The van der Waals surface area contributed by atoms with E-state index in [1.54, 1.807) is 12.1 Å². The largest absolute Gasteiger partial charge is 0.508 e. The van der Waals surface area contributed by atoms with E-state index in [4.69, 9.17) is 11.6 Å². The second-order valence-corrected chi connectivity index (χ2v) is 7.74. The number of hydrogen-bond donors (Lipinski definition) is 2. The van der Waals surface area contributed by atoms with Crippen LogP contribution in [-0.2, 0) is 13.0 Å². The lowest BCUT2D eigenvalue weighted by atomic mass is 10.1. The Morgan fingerprint density at radius 1 is 1.07 bits per heavy atom. The van der Waals surface area contributed by atoms with Crippen molar-refractivity contribution in [2.24, 2.45) is 0 Å². The average Bonchev–Trinajstić information content (AvgIpc) is 2.67. The first-order valence-corrected chi connectivity index (χ1v) is 10.1. The van der Waals surface area contributed by atoms with Gasteiger partial charge in [0, 0.05) is 49.4 Å². The van der Waals surface area contributed by atoms with Crippen molar-refractivity contribution < 1.29 is 10.2 Å². The lowest BCUT2D eigenvalue weighted by Gasteiger charge is -2.41. The summed E-state index contributed by atoms with van der Waals surface area (Å²) >= 11 is 6.07. The van der Waals surface area contributed by atoms with Gasteiger partial charge >= 0.3 is 0 Å². The van der Waals surface area contributed by atoms with Gasteiger partial charge in [-0.2, -0.15) is 0 Å². The molecule has 0 radical (unpaired) electrons. The van der Waals surface area contributed by atoms with Crippen LogP contribution in [0.2, 0.25) is 5.02 Å². The zero-order chi connectivity index (χ0) is 19.1. The molecule has 3 rings (SSSR count). The number of aliphatic hydroxyl groups excluding tert-OH is 1. The fourth-order valence-corrected chi connectivity index (χ4v) is 4.07. The first kappa shape index (κ1) is 20.2. The van der Waals surface area contributed by atoms with E-state index in [1.807, 2.05) is 6.07 Å². The SMILES string of the molecule is OCC[C@@H]1CN(Cc2cc(Cl)ccc2O)CCN1CCCc1ccccc1. The van der Waals surface area contributed by atoms with Crippen LogP contribution in [0.4, 0.5) is 0 Å². The molecule has 5 heteroatoms. The summed E-state index contributed by atoms with van der Waals surface area (Å²) in [5.74, 6) is 0.295. The Morgan fingerprint density at radius 2 is 1.89 bits per heavy atom. The van der Waals surface area contributed by atoms with Gasteiger partial charge in [0.05, 0.1) is 0 Å². The Morgan fingerprint density at radius 3 is 2.67 bits per heavy atom. The lowest BCUT2D eigenvalue weighted by Crippen LogP contribution is -2.53. The van der Waals surface area contributed by atoms with Gasteiger partial charge in [-0.3, -0.25) is 9.80 Å². The van der Waals surface area contributed by atoms with Crippen LogP contribution in [-0.4, -0.2) is 58.8 Å². The molecule has 0 aliphatic carbocycles. The van der Waals surface area contributed by atoms with Crippen LogP contribution in [0.25, 0.3) is 0 Å². The third-order valence-electron chi connectivity index (χ3n) is 5.34. The second-order valence-electron chi connectivity index (χ2n) is 7.30. The number of hydrogen-bond acceptors (Lipinski definition) is 4. The van der Waals surface area contributed by atoms with E-state index in [0.29, 0.717) is 23.4 Å². The normalized spacial score (nSPS) is 18.7. The topological polar surface area (TPSA) is 46.9 Å². The van der Waals surface area contributed by atoms with Crippen molar-refractivity contribution in [2.75, 3.05) is 32.8 Å². The lowest BCUT2D eigenvalue weighted by molar-refractivity contribution is 0.0543. The predicted octanol–water partition coefficient (Wildman–Crippen LogP) is 3.55. The summed E-state index contributed by atoms with van der Waals surface area (Å²) in [5, 5.41) is 20.2. The number of benzene rings is 2. The standard InChI is InChI=1S/C22H29ClN2O2/c23-20-8-9-22(27)19(15-20)16-24-12-13-25(21(17-24)10-14-26)11-4-7-18-5-2-1-3-6-18/h1-3,5-6,8-9,15,21,26-27H,4,7,10-14,16-17H2/t21-/m1/s1. The summed E-state index contributed by atoms with van der Waals surface area (Å²) < 4.78 is 0. The second kappa shape index (κ2) is 10.1. The minimum absolute atomic E-state index is 0.204. The molecule has 27 heavy (non-hydrogen) atoms. The van der Waals surface area contributed by atoms with Gasteiger partial charge in [-0.05, 0) is 49.6 Å². The maximum atomic E-state index is 10.1. The van der Waals surface area contributed by atoms with Crippen LogP contribution in [0.1, 0.15) is 24.0 Å². The van der Waals surface area contributed by atoms with E-state index in [0.717, 1.165) is 51.0 Å². The molecule has 2 N–H and O–H groups in total. The fraction of sp³-hybridized carbons (Fsp3) is 0.455. The highest BCUT2D eigenvalue weighted by Crippen LogP contribution is 2.24. The number of phenols is 1. The van der Waals surface area contributed by atoms with Gasteiger partial charge in [-0.1, -0.05) is 41.9 Å². The van der Waals surface area contributed by atoms with Crippen molar-refractivity contribution in [2.45, 2.75) is 31.8 Å². The minimum Gasteiger partial charge on any atom is -0.508 e. The number of aliphatic hydroxyl groups is 1. The maximum absolute atomic E-state index is 10.1. The van der Waals surface area contributed by atoms with Gasteiger partial charge in [-0.15, -0.1) is 0 Å². The monoisotopic (exact) mass is 388 g/mol. The Balaban J connectivity index is 1.53. The van der Waals surface area contributed by atoms with Crippen molar-refractivity contribution in [3.63, 3.8) is 0 Å². The number of rotatable bonds is 8. The zero-order valence-corrected chi connectivity index (χ0v) is 16.5. The zero-order valence-electron chi connectivity index (χ0n) is 15.7. The summed E-state index contributed by atoms with van der Waals surface area (Å²) in [6, 6.07) is 16.1. The molecule has 2 aromatic rings. The van der Waals surface area contributed by atoms with E-state index < -0.39 is 0 Å². The molecule has 0 bridgehead atoms. The van der Waals surface area contributed by atoms with Gasteiger partial charge in [0.25, 0.3) is 0 Å². The number of phenolic OH excluding ortho intramolecular Hbond substituents is 1. The molecule has 1 aliphatic rings. The molecule has 0 unspecified atom stereocenters. The number of aromatic hydroxyl groups is 1. The summed E-state index contributed by atoms with van der Waals surface area (Å²) in [6.45, 7) is 4.79. The highest BCUT2D eigenvalue weighted by Gasteiger charge is 2.26. The molecule has 2 aromatic carbocycles. The van der Waals surface area contributed by atoms with Crippen LogP contribution in [0.5, 0.6) is 5.75 Å². The smallest absolute Gasteiger partial charge is 0.120 e. The fourth-order valence-electron chi connectivity index (χ4n) is 3.87. The van der Waals surface area contributed by atoms with E-state index in [1.165, 1.54) is 5.56 Å². The maximum Gasteiger partial charge on any atom is 0.120 e. The summed E-state index contributed by atoms with van der Waals surface area (Å²) in [5.41, 5.74) is 2.24. The van der Waals surface area contributed by atoms with Gasteiger partial charge in [0.2, 0.25) is 0 Å². The van der Waals surface area contributed by atoms with E-state index in [9.17, 15) is 10.2 Å². The third kappa shape index (κ3) is 5.94. The van der Waals surface area contributed by atoms with Crippen LogP contribution in [0, 0.1) is 0 Å². The molecular formula is C22H29ClN2O2. The van der Waals surface area contributed by atoms with Gasteiger partial charge < -0.3 is 10.2 Å². The van der Waals surface area contributed by atoms with Crippen LogP contribution in [0.15, 0.2) is 48.5 Å². The minimum atomic E-state index is 0.204. The van der Waals surface area contributed by atoms with Crippen molar-refractivity contribution >= 4 is 11.6 Å². The molecule has 0 amide bonds. The van der Waals surface area contributed by atoms with E-state index in [2.05, 4.69) is 40.1 Å². The van der Waals surface area contributed by atoms with Crippen molar-refractivity contribution in [1.82, 2.24) is 9.80 Å². The first-order valence-electron chi connectivity index (χ1n) is 9.74. The number of aryl methyl sites for hydroxylation is 1. The molecule has 146 valence electrons. The molecule has 1 atom stereocenters. The molecule has 1 aliphatic heterocycles. The van der Waals surface area contributed by atoms with Crippen LogP contribution in [0.3, 0.4) is 0 Å². The summed E-state index contributed by atoms with van der Waals surface area (Å²) in [6.07, 6.45) is 2.99.